The molecule has 0 spiro atoms. The molecule has 0 fully saturated rings. The molecule has 2 aromatic rings. The molecule has 0 saturated heterocycles. The maximum absolute atomic E-state index is 3.27. The Bertz CT molecular complexity index is 367. The summed E-state index contributed by atoms with van der Waals surface area (Å²) in [6.07, 6.45) is 2.09. The summed E-state index contributed by atoms with van der Waals surface area (Å²) in [6.45, 7) is 0. The van der Waals surface area contributed by atoms with Gasteiger partial charge < -0.3 is 0 Å². The second-order valence-corrected chi connectivity index (χ2v) is 3.90. The minimum atomic E-state index is 0. The SMILES string of the molecule is CSc1[c-]sc2ccccc12.[Y]. The van der Waals surface area contributed by atoms with E-state index < -0.39 is 0 Å². The van der Waals surface area contributed by atoms with E-state index in [1.807, 2.05) is 0 Å². The Hall–Kier alpha value is 0.634. The van der Waals surface area contributed by atoms with Crippen molar-refractivity contribution < 1.29 is 32.7 Å². The van der Waals surface area contributed by atoms with E-state index in [4.69, 9.17) is 0 Å². The Kier molecular flexibility index (Phi) is 4.24. The van der Waals surface area contributed by atoms with Crippen LogP contribution >= 0.6 is 23.1 Å². The number of hydrogen-bond donors (Lipinski definition) is 0. The molecule has 3 heteroatoms. The van der Waals surface area contributed by atoms with Gasteiger partial charge in [0.1, 0.15) is 0 Å². The minimum Gasteiger partial charge on any atom is -0.294 e. The third-order valence-corrected chi connectivity index (χ3v) is 3.33. The summed E-state index contributed by atoms with van der Waals surface area (Å²) in [5.74, 6) is 0. The van der Waals surface area contributed by atoms with E-state index in [0.29, 0.717) is 0 Å². The van der Waals surface area contributed by atoms with Crippen LogP contribution in [0.25, 0.3) is 10.1 Å². The first-order valence-electron chi connectivity index (χ1n) is 3.35. The Morgan fingerprint density at radius 1 is 1.33 bits per heavy atom. The zero-order valence-corrected chi connectivity index (χ0v) is 11.2. The number of benzene rings is 1. The van der Waals surface area contributed by atoms with Gasteiger partial charge in [0.2, 0.25) is 0 Å². The summed E-state index contributed by atoms with van der Waals surface area (Å²) in [7, 11) is 0. The molecule has 0 aliphatic heterocycles. The number of rotatable bonds is 1. The molecule has 0 saturated carbocycles. The number of fused-ring (bicyclic) bond motifs is 1. The van der Waals surface area contributed by atoms with E-state index in [9.17, 15) is 0 Å². The molecule has 2 rings (SSSR count). The van der Waals surface area contributed by atoms with Crippen LogP contribution in [0, 0.1) is 5.38 Å². The van der Waals surface area contributed by atoms with Crippen LogP contribution in [-0.2, 0) is 32.7 Å². The van der Waals surface area contributed by atoms with Crippen LogP contribution in [0.15, 0.2) is 29.2 Å². The minimum absolute atomic E-state index is 0. The number of thiophene rings is 1. The Balaban J connectivity index is 0.000000720. The van der Waals surface area contributed by atoms with Crippen LogP contribution in [0.4, 0.5) is 0 Å². The molecule has 0 amide bonds. The molecular weight excluding hydrogens is 261 g/mol. The maximum Gasteiger partial charge on any atom is 0 e. The predicted molar refractivity (Wildman–Crippen MR) is 52.4 cm³/mol. The standard InChI is InChI=1S/C9H7S2.Y/c1-10-9-6-11-8-5-3-2-4-7(8)9;/h2-5H,1H3;/q-1;. The van der Waals surface area contributed by atoms with Crippen molar-refractivity contribution in [2.45, 2.75) is 4.90 Å². The summed E-state index contributed by atoms with van der Waals surface area (Å²) in [4.78, 5) is 1.27. The predicted octanol–water partition coefficient (Wildman–Crippen LogP) is 3.42. The Morgan fingerprint density at radius 3 is 2.83 bits per heavy atom. The third kappa shape index (κ3) is 1.93. The first kappa shape index (κ1) is 10.7. The number of hydrogen-bond acceptors (Lipinski definition) is 2. The van der Waals surface area contributed by atoms with Gasteiger partial charge in [-0.05, 0) is 6.26 Å². The van der Waals surface area contributed by atoms with Crippen LogP contribution in [-0.4, -0.2) is 6.26 Å². The molecule has 59 valence electrons. The second-order valence-electron chi connectivity index (χ2n) is 2.23. The van der Waals surface area contributed by atoms with Crippen LogP contribution < -0.4 is 0 Å². The summed E-state index contributed by atoms with van der Waals surface area (Å²) in [5.41, 5.74) is 0. The molecule has 0 aliphatic carbocycles. The van der Waals surface area contributed by atoms with Crippen LogP contribution in [0.3, 0.4) is 0 Å². The summed E-state index contributed by atoms with van der Waals surface area (Å²) in [5, 5.41) is 4.61. The topological polar surface area (TPSA) is 0 Å². The summed E-state index contributed by atoms with van der Waals surface area (Å²) in [6, 6.07) is 8.42. The van der Waals surface area contributed by atoms with E-state index in [2.05, 4.69) is 35.9 Å². The fourth-order valence-corrected chi connectivity index (χ4v) is 2.71. The molecule has 0 atom stereocenters. The van der Waals surface area contributed by atoms with Gasteiger partial charge in [-0.2, -0.15) is 11.8 Å². The van der Waals surface area contributed by atoms with Gasteiger partial charge in [-0.3, -0.25) is 11.3 Å². The Labute approximate surface area is 106 Å². The maximum atomic E-state index is 3.27. The summed E-state index contributed by atoms with van der Waals surface area (Å²) < 4.78 is 1.33. The zero-order valence-electron chi connectivity index (χ0n) is 6.70. The van der Waals surface area contributed by atoms with Crippen molar-refractivity contribution in [2.24, 2.45) is 0 Å². The Morgan fingerprint density at radius 2 is 2.08 bits per heavy atom. The van der Waals surface area contributed by atoms with Crippen molar-refractivity contribution in [3.63, 3.8) is 0 Å². The van der Waals surface area contributed by atoms with Gasteiger partial charge in [0.15, 0.2) is 0 Å². The second kappa shape index (κ2) is 4.75. The monoisotopic (exact) mass is 268 g/mol. The quantitative estimate of drug-likeness (QED) is 0.564. The van der Waals surface area contributed by atoms with E-state index in [1.165, 1.54) is 15.0 Å². The van der Waals surface area contributed by atoms with E-state index in [0.717, 1.165) is 0 Å². The molecule has 1 radical (unpaired) electrons. The fourth-order valence-electron chi connectivity index (χ4n) is 1.05. The van der Waals surface area contributed by atoms with Crippen molar-refractivity contribution in [1.82, 2.24) is 0 Å². The molecule has 12 heavy (non-hydrogen) atoms. The van der Waals surface area contributed by atoms with Crippen LogP contribution in [0.1, 0.15) is 0 Å². The van der Waals surface area contributed by atoms with E-state index >= 15 is 0 Å². The zero-order chi connectivity index (χ0) is 7.68. The first-order valence-corrected chi connectivity index (χ1v) is 5.39. The van der Waals surface area contributed by atoms with Gasteiger partial charge in [-0.15, -0.1) is 27.6 Å². The van der Waals surface area contributed by atoms with Gasteiger partial charge in [-0.25, -0.2) is 0 Å². The first-order chi connectivity index (χ1) is 5.42. The fraction of sp³-hybridized carbons (Fsp3) is 0.111. The molecule has 1 aromatic carbocycles. The average molecular weight is 268 g/mol. The molecule has 0 bridgehead atoms. The van der Waals surface area contributed by atoms with Crippen molar-refractivity contribution >= 4 is 33.2 Å². The molecule has 1 aromatic heterocycles. The van der Waals surface area contributed by atoms with E-state index in [-0.39, 0.29) is 32.7 Å². The van der Waals surface area contributed by atoms with Gasteiger partial charge in [0.05, 0.1) is 0 Å². The molecule has 0 aliphatic rings. The van der Waals surface area contributed by atoms with Crippen molar-refractivity contribution in [3.05, 3.63) is 29.6 Å². The largest absolute Gasteiger partial charge is 0.294 e. The van der Waals surface area contributed by atoms with Crippen molar-refractivity contribution in [1.29, 1.82) is 0 Å². The van der Waals surface area contributed by atoms with Gasteiger partial charge in [0.25, 0.3) is 0 Å². The third-order valence-electron chi connectivity index (χ3n) is 1.59. The van der Waals surface area contributed by atoms with Crippen molar-refractivity contribution in [2.75, 3.05) is 6.26 Å². The van der Waals surface area contributed by atoms with Gasteiger partial charge in [-0.1, -0.05) is 17.0 Å². The molecule has 0 unspecified atom stereocenters. The van der Waals surface area contributed by atoms with Crippen molar-refractivity contribution in [3.8, 4) is 0 Å². The van der Waals surface area contributed by atoms with E-state index in [1.54, 1.807) is 23.1 Å². The summed E-state index contributed by atoms with van der Waals surface area (Å²) >= 11 is 3.45. The van der Waals surface area contributed by atoms with Gasteiger partial charge in [0, 0.05) is 32.7 Å². The average Bonchev–Trinajstić information content (AvgIpc) is 2.47. The molecular formula is C9H7S2Y-. The van der Waals surface area contributed by atoms with Crippen LogP contribution in [0.2, 0.25) is 0 Å². The molecule has 0 nitrogen and oxygen atoms in total. The molecule has 1 heterocycles. The molecule has 0 N–H and O–H groups in total. The number of thioether (sulfide) groups is 1. The smallest absolute Gasteiger partial charge is 0 e. The van der Waals surface area contributed by atoms with Crippen LogP contribution in [0.5, 0.6) is 0 Å². The van der Waals surface area contributed by atoms with Gasteiger partial charge >= 0.3 is 0 Å². The normalized spacial score (nSPS) is 9.75.